The van der Waals surface area contributed by atoms with Crippen LogP contribution in [-0.4, -0.2) is 24.0 Å². The van der Waals surface area contributed by atoms with E-state index < -0.39 is 0 Å². The Morgan fingerprint density at radius 1 is 1.14 bits per heavy atom. The van der Waals surface area contributed by atoms with Gasteiger partial charge >= 0.3 is 0 Å². The zero-order valence-electron chi connectivity index (χ0n) is 14.4. The number of hydrogen-bond donors (Lipinski definition) is 0. The highest BCUT2D eigenvalue weighted by Gasteiger charge is 2.25. The van der Waals surface area contributed by atoms with Crippen molar-refractivity contribution in [2.75, 3.05) is 13.1 Å². The summed E-state index contributed by atoms with van der Waals surface area (Å²) in [5.74, 6) is 0. The van der Waals surface area contributed by atoms with Crippen LogP contribution in [0.15, 0.2) is 48.9 Å². The summed E-state index contributed by atoms with van der Waals surface area (Å²) in [7, 11) is 0. The standard InChI is InChI=1S/C20H31NO/c1-5-8-15-21(16-9-6-2)18(4)20(22-17-7-3)19-13-11-10-12-14-19/h10-14,17-18,20H,3,5-6,8-9,15-16H2,1-2,4H3/t18-,20-/m0/s1. The molecule has 0 radical (unpaired) electrons. The van der Waals surface area contributed by atoms with Gasteiger partial charge in [0, 0.05) is 6.04 Å². The van der Waals surface area contributed by atoms with Crippen molar-refractivity contribution in [3.05, 3.63) is 54.5 Å². The van der Waals surface area contributed by atoms with E-state index >= 15 is 0 Å². The summed E-state index contributed by atoms with van der Waals surface area (Å²) in [6.45, 7) is 12.6. The number of unbranched alkanes of at least 4 members (excludes halogenated alkanes) is 2. The molecule has 0 aliphatic heterocycles. The second kappa shape index (κ2) is 11.1. The summed E-state index contributed by atoms with van der Waals surface area (Å²) in [6.07, 6.45) is 6.51. The molecule has 0 heterocycles. The summed E-state index contributed by atoms with van der Waals surface area (Å²) < 4.78 is 5.94. The first-order valence-corrected chi connectivity index (χ1v) is 8.53. The molecule has 0 amide bonds. The summed E-state index contributed by atoms with van der Waals surface area (Å²) in [6, 6.07) is 10.8. The molecule has 0 saturated carbocycles. The van der Waals surface area contributed by atoms with Gasteiger partial charge in [0.15, 0.2) is 0 Å². The minimum absolute atomic E-state index is 0.0177. The van der Waals surface area contributed by atoms with Crippen molar-refractivity contribution in [2.24, 2.45) is 0 Å². The first-order valence-electron chi connectivity index (χ1n) is 8.53. The monoisotopic (exact) mass is 301 g/mol. The molecule has 0 spiro atoms. The van der Waals surface area contributed by atoms with Gasteiger partial charge in [0.1, 0.15) is 12.4 Å². The average molecular weight is 301 g/mol. The van der Waals surface area contributed by atoms with Gasteiger partial charge in [-0.2, -0.15) is 0 Å². The zero-order valence-corrected chi connectivity index (χ0v) is 14.4. The van der Waals surface area contributed by atoms with Crippen LogP contribution in [0.5, 0.6) is 0 Å². The molecule has 0 aliphatic carbocycles. The Kier molecular flexibility index (Phi) is 9.37. The van der Waals surface area contributed by atoms with Gasteiger partial charge in [-0.15, -0.1) is 0 Å². The summed E-state index contributed by atoms with van der Waals surface area (Å²) >= 11 is 0. The topological polar surface area (TPSA) is 12.5 Å². The van der Waals surface area contributed by atoms with Crippen molar-refractivity contribution in [2.45, 2.75) is 58.6 Å². The van der Waals surface area contributed by atoms with E-state index in [9.17, 15) is 0 Å². The molecule has 2 heteroatoms. The summed E-state index contributed by atoms with van der Waals surface area (Å²) in [4.78, 5) is 2.56. The molecule has 2 nitrogen and oxygen atoms in total. The molecule has 0 saturated heterocycles. The molecule has 122 valence electrons. The van der Waals surface area contributed by atoms with Crippen LogP contribution in [0, 0.1) is 0 Å². The van der Waals surface area contributed by atoms with E-state index in [1.807, 2.05) is 6.07 Å². The van der Waals surface area contributed by atoms with E-state index in [-0.39, 0.29) is 6.10 Å². The van der Waals surface area contributed by atoms with Gasteiger partial charge < -0.3 is 4.74 Å². The van der Waals surface area contributed by atoms with E-state index in [2.05, 4.69) is 62.2 Å². The van der Waals surface area contributed by atoms with Crippen LogP contribution in [0.2, 0.25) is 0 Å². The van der Waals surface area contributed by atoms with Gasteiger partial charge in [0.2, 0.25) is 0 Å². The maximum Gasteiger partial charge on any atom is 0.139 e. The summed E-state index contributed by atoms with van der Waals surface area (Å²) in [5, 5.41) is 0. The molecule has 0 aliphatic rings. The molecule has 1 aromatic carbocycles. The largest absolute Gasteiger partial charge is 0.484 e. The minimum Gasteiger partial charge on any atom is -0.484 e. The van der Waals surface area contributed by atoms with Crippen LogP contribution in [0.1, 0.15) is 58.1 Å². The van der Waals surface area contributed by atoms with E-state index in [4.69, 9.17) is 4.74 Å². The van der Waals surface area contributed by atoms with Crippen molar-refractivity contribution >= 4 is 0 Å². The van der Waals surface area contributed by atoms with E-state index in [0.29, 0.717) is 6.04 Å². The number of hydrogen-bond acceptors (Lipinski definition) is 2. The summed E-state index contributed by atoms with van der Waals surface area (Å²) in [5.41, 5.74) is 3.94. The normalized spacial score (nSPS) is 13.5. The molecule has 2 atom stereocenters. The fraction of sp³-hybridized carbons (Fsp3) is 0.550. The molecule has 1 aromatic rings. The third-order valence-electron chi connectivity index (χ3n) is 4.04. The second-order valence-electron chi connectivity index (χ2n) is 5.77. The van der Waals surface area contributed by atoms with Crippen LogP contribution in [0.25, 0.3) is 0 Å². The van der Waals surface area contributed by atoms with Gasteiger partial charge in [-0.1, -0.05) is 69.3 Å². The Balaban J connectivity index is 2.90. The van der Waals surface area contributed by atoms with Gasteiger partial charge in [0.25, 0.3) is 0 Å². The minimum atomic E-state index is 0.0177. The lowest BCUT2D eigenvalue weighted by atomic mass is 10.0. The van der Waals surface area contributed by atoms with Crippen molar-refractivity contribution < 1.29 is 4.74 Å². The molecular weight excluding hydrogens is 270 g/mol. The van der Waals surface area contributed by atoms with Crippen molar-refractivity contribution in [3.63, 3.8) is 0 Å². The van der Waals surface area contributed by atoms with E-state index in [1.165, 1.54) is 31.2 Å². The molecule has 0 fully saturated rings. The molecule has 0 bridgehead atoms. The SMILES string of the molecule is C=C=CO[C@H](c1ccccc1)[C@H](C)N(CCCC)CCCC. The number of benzene rings is 1. The molecule has 0 N–H and O–H groups in total. The highest BCUT2D eigenvalue weighted by atomic mass is 16.5. The number of ether oxygens (including phenoxy) is 1. The Labute approximate surface area is 136 Å². The van der Waals surface area contributed by atoms with Crippen molar-refractivity contribution in [1.82, 2.24) is 4.90 Å². The number of rotatable bonds is 11. The van der Waals surface area contributed by atoms with Crippen LogP contribution in [-0.2, 0) is 4.74 Å². The molecule has 22 heavy (non-hydrogen) atoms. The Bertz CT molecular complexity index is 428. The van der Waals surface area contributed by atoms with Crippen LogP contribution >= 0.6 is 0 Å². The smallest absolute Gasteiger partial charge is 0.139 e. The van der Waals surface area contributed by atoms with Gasteiger partial charge in [-0.05, 0) is 38.4 Å². The third-order valence-corrected chi connectivity index (χ3v) is 4.04. The molecule has 0 unspecified atom stereocenters. The fourth-order valence-corrected chi connectivity index (χ4v) is 2.67. The van der Waals surface area contributed by atoms with Gasteiger partial charge in [-0.3, -0.25) is 4.90 Å². The highest BCUT2D eigenvalue weighted by molar-refractivity contribution is 5.19. The predicted octanol–water partition coefficient (Wildman–Crippen LogP) is 5.33. The zero-order chi connectivity index (χ0) is 16.2. The number of nitrogens with zero attached hydrogens (tertiary/aromatic N) is 1. The molecule has 1 rings (SSSR count). The molecular formula is C20H31NO. The fourth-order valence-electron chi connectivity index (χ4n) is 2.67. The first-order chi connectivity index (χ1) is 10.7. The lowest BCUT2D eigenvalue weighted by molar-refractivity contribution is 0.0429. The average Bonchev–Trinajstić information content (AvgIpc) is 2.56. The van der Waals surface area contributed by atoms with Crippen molar-refractivity contribution in [3.8, 4) is 0 Å². The Hall–Kier alpha value is -1.50. The van der Waals surface area contributed by atoms with Crippen molar-refractivity contribution in [1.29, 1.82) is 0 Å². The van der Waals surface area contributed by atoms with Gasteiger partial charge in [0.05, 0.1) is 0 Å². The van der Waals surface area contributed by atoms with Crippen LogP contribution in [0.4, 0.5) is 0 Å². The maximum atomic E-state index is 5.94. The first kappa shape index (κ1) is 18.5. The second-order valence-corrected chi connectivity index (χ2v) is 5.77. The van der Waals surface area contributed by atoms with Gasteiger partial charge in [-0.25, -0.2) is 0 Å². The lowest BCUT2D eigenvalue weighted by Gasteiger charge is -2.34. The quantitative estimate of drug-likeness (QED) is 0.404. The Morgan fingerprint density at radius 2 is 1.73 bits per heavy atom. The Morgan fingerprint density at radius 3 is 2.23 bits per heavy atom. The molecule has 0 aromatic heterocycles. The van der Waals surface area contributed by atoms with E-state index in [0.717, 1.165) is 13.1 Å². The van der Waals surface area contributed by atoms with E-state index in [1.54, 1.807) is 6.26 Å². The lowest BCUT2D eigenvalue weighted by Crippen LogP contribution is -2.39. The third kappa shape index (κ3) is 6.09. The predicted molar refractivity (Wildman–Crippen MR) is 94.8 cm³/mol. The van der Waals surface area contributed by atoms with Crippen LogP contribution in [0.3, 0.4) is 0 Å². The van der Waals surface area contributed by atoms with Crippen LogP contribution < -0.4 is 0 Å². The maximum absolute atomic E-state index is 5.94. The highest BCUT2D eigenvalue weighted by Crippen LogP contribution is 2.26.